The van der Waals surface area contributed by atoms with Crippen molar-refractivity contribution in [2.24, 2.45) is 0 Å². The molecule has 2 rings (SSSR count). The Labute approximate surface area is 114 Å². The lowest BCUT2D eigenvalue weighted by atomic mass is 10.2. The maximum Gasteiger partial charge on any atom is 0.320 e. The number of urea groups is 1. The Morgan fingerprint density at radius 1 is 1.65 bits per heavy atom. The zero-order chi connectivity index (χ0) is 12.4. The van der Waals surface area contributed by atoms with Crippen LogP contribution in [0.15, 0.2) is 15.9 Å². The first kappa shape index (κ1) is 12.9. The minimum absolute atomic E-state index is 0.120. The summed E-state index contributed by atoms with van der Waals surface area (Å²) in [5.74, 6) is 0. The second kappa shape index (κ2) is 5.37. The van der Waals surface area contributed by atoms with Crippen LogP contribution in [0.3, 0.4) is 0 Å². The van der Waals surface area contributed by atoms with Gasteiger partial charge in [0.25, 0.3) is 0 Å². The van der Waals surface area contributed by atoms with Crippen molar-refractivity contribution in [3.8, 4) is 0 Å². The molecule has 1 unspecified atom stereocenters. The van der Waals surface area contributed by atoms with Crippen molar-refractivity contribution >= 4 is 33.3 Å². The molecule has 17 heavy (non-hydrogen) atoms. The largest absolute Gasteiger partial charge is 0.321 e. The zero-order valence-corrected chi connectivity index (χ0v) is 12.3. The van der Waals surface area contributed by atoms with Crippen LogP contribution < -0.4 is 5.32 Å². The van der Waals surface area contributed by atoms with Crippen LogP contribution in [0.4, 0.5) is 4.79 Å². The average molecular weight is 318 g/mol. The molecular weight excluding hydrogens is 302 g/mol. The fourth-order valence-corrected chi connectivity index (χ4v) is 3.56. The number of halogens is 1. The van der Waals surface area contributed by atoms with Gasteiger partial charge in [0, 0.05) is 41.4 Å². The average Bonchev–Trinajstić information content (AvgIpc) is 2.84. The molecular formula is C11H16BrN3OS. The molecule has 1 atom stereocenters. The number of hydrogen-bond acceptors (Lipinski definition) is 3. The zero-order valence-electron chi connectivity index (χ0n) is 9.94. The lowest BCUT2D eigenvalue weighted by Crippen LogP contribution is -2.34. The van der Waals surface area contributed by atoms with Crippen LogP contribution in [0.25, 0.3) is 0 Å². The van der Waals surface area contributed by atoms with Gasteiger partial charge in [-0.25, -0.2) is 4.79 Å². The van der Waals surface area contributed by atoms with Crippen molar-refractivity contribution in [1.29, 1.82) is 0 Å². The summed E-state index contributed by atoms with van der Waals surface area (Å²) in [6.07, 6.45) is 0. The lowest BCUT2D eigenvalue weighted by molar-refractivity contribution is 0.196. The van der Waals surface area contributed by atoms with Gasteiger partial charge in [0.15, 0.2) is 0 Å². The van der Waals surface area contributed by atoms with E-state index in [0.29, 0.717) is 0 Å². The van der Waals surface area contributed by atoms with Crippen LogP contribution in [-0.2, 0) is 0 Å². The third-order valence-electron chi connectivity index (χ3n) is 2.98. The van der Waals surface area contributed by atoms with Crippen LogP contribution in [0.1, 0.15) is 10.9 Å². The predicted octanol–water partition coefficient (Wildman–Crippen LogP) is 2.14. The molecule has 4 nitrogen and oxygen atoms in total. The van der Waals surface area contributed by atoms with E-state index in [4.69, 9.17) is 0 Å². The molecule has 0 spiro atoms. The second-order valence-corrected chi connectivity index (χ2v) is 5.98. The van der Waals surface area contributed by atoms with Crippen LogP contribution in [0.2, 0.25) is 0 Å². The molecule has 1 fully saturated rings. The van der Waals surface area contributed by atoms with Gasteiger partial charge in [-0.3, -0.25) is 0 Å². The van der Waals surface area contributed by atoms with Crippen molar-refractivity contribution in [2.75, 3.05) is 33.7 Å². The van der Waals surface area contributed by atoms with Gasteiger partial charge in [0.2, 0.25) is 0 Å². The van der Waals surface area contributed by atoms with Gasteiger partial charge < -0.3 is 15.1 Å². The highest BCUT2D eigenvalue weighted by atomic mass is 79.9. The lowest BCUT2D eigenvalue weighted by Gasteiger charge is -2.16. The summed E-state index contributed by atoms with van der Waals surface area (Å²) < 4.78 is 1.09. The molecule has 0 saturated carbocycles. The summed E-state index contributed by atoms with van der Waals surface area (Å²) in [4.78, 5) is 17.0. The molecule has 0 bridgehead atoms. The number of carbonyl (C=O) groups is 1. The number of nitrogens with one attached hydrogen (secondary N) is 1. The molecule has 1 aromatic heterocycles. The Hall–Kier alpha value is -0.590. The van der Waals surface area contributed by atoms with Gasteiger partial charge in [0.1, 0.15) is 0 Å². The smallest absolute Gasteiger partial charge is 0.320 e. The normalized spacial score (nSPS) is 20.4. The first-order valence-electron chi connectivity index (χ1n) is 5.53. The molecule has 1 saturated heterocycles. The van der Waals surface area contributed by atoms with Gasteiger partial charge in [-0.1, -0.05) is 0 Å². The summed E-state index contributed by atoms with van der Waals surface area (Å²) in [5.41, 5.74) is 0. The Bertz CT molecular complexity index is 409. The monoisotopic (exact) mass is 317 g/mol. The maximum absolute atomic E-state index is 12.0. The highest BCUT2D eigenvalue weighted by Crippen LogP contribution is 2.33. The first-order valence-corrected chi connectivity index (χ1v) is 7.21. The second-order valence-electron chi connectivity index (χ2n) is 4.13. The van der Waals surface area contributed by atoms with Crippen LogP contribution in [0.5, 0.6) is 0 Å². The maximum atomic E-state index is 12.0. The van der Waals surface area contributed by atoms with E-state index in [9.17, 15) is 4.79 Å². The van der Waals surface area contributed by atoms with E-state index < -0.39 is 0 Å². The number of likely N-dealkylation sites (N-methyl/N-ethyl adjacent to an activating group) is 2. The SMILES string of the molecule is CNCCN1CC(c2cc(Br)cs2)N(C)C1=O. The van der Waals surface area contributed by atoms with Crippen LogP contribution in [0, 0.1) is 0 Å². The standard InChI is InChI=1S/C11H16BrN3OS/c1-13-3-4-15-6-9(14(2)11(15)16)10-5-8(12)7-17-10/h5,7,9,13H,3-4,6H2,1-2H3. The Balaban J connectivity index is 2.08. The Morgan fingerprint density at radius 3 is 3.00 bits per heavy atom. The number of carbonyl (C=O) groups excluding carboxylic acids is 1. The molecule has 94 valence electrons. The van der Waals surface area contributed by atoms with E-state index in [0.717, 1.165) is 24.1 Å². The first-order chi connectivity index (χ1) is 8.13. The minimum Gasteiger partial charge on any atom is -0.321 e. The molecule has 0 aliphatic carbocycles. The van der Waals surface area contributed by atoms with Crippen molar-refractivity contribution < 1.29 is 4.79 Å². The predicted molar refractivity (Wildman–Crippen MR) is 73.4 cm³/mol. The van der Waals surface area contributed by atoms with E-state index in [-0.39, 0.29) is 12.1 Å². The molecule has 1 aliphatic heterocycles. The van der Waals surface area contributed by atoms with E-state index in [1.165, 1.54) is 4.88 Å². The fourth-order valence-electron chi connectivity index (χ4n) is 1.98. The highest BCUT2D eigenvalue weighted by Gasteiger charge is 2.35. The summed E-state index contributed by atoms with van der Waals surface area (Å²) in [5, 5.41) is 5.13. The molecule has 1 aliphatic rings. The summed E-state index contributed by atoms with van der Waals surface area (Å²) in [7, 11) is 3.78. The van der Waals surface area contributed by atoms with Gasteiger partial charge in [-0.05, 0) is 29.0 Å². The number of amides is 2. The fraction of sp³-hybridized carbons (Fsp3) is 0.545. The van der Waals surface area contributed by atoms with Crippen molar-refractivity contribution in [1.82, 2.24) is 15.1 Å². The summed E-state index contributed by atoms with van der Waals surface area (Å²) in [6, 6.07) is 2.41. The van der Waals surface area contributed by atoms with Gasteiger partial charge in [-0.15, -0.1) is 11.3 Å². The molecule has 6 heteroatoms. The number of rotatable bonds is 4. The topological polar surface area (TPSA) is 35.6 Å². The third-order valence-corrected chi connectivity index (χ3v) is 4.78. The van der Waals surface area contributed by atoms with E-state index in [1.54, 1.807) is 11.3 Å². The third kappa shape index (κ3) is 2.64. The van der Waals surface area contributed by atoms with Gasteiger partial charge in [0.05, 0.1) is 6.04 Å². The van der Waals surface area contributed by atoms with Gasteiger partial charge >= 0.3 is 6.03 Å². The molecule has 1 aromatic rings. The minimum atomic E-state index is 0.120. The molecule has 1 N–H and O–H groups in total. The summed E-state index contributed by atoms with van der Waals surface area (Å²) in [6.45, 7) is 2.38. The summed E-state index contributed by atoms with van der Waals surface area (Å²) >= 11 is 5.15. The van der Waals surface area contributed by atoms with Crippen molar-refractivity contribution in [3.05, 3.63) is 20.8 Å². The van der Waals surface area contributed by atoms with E-state index in [1.807, 2.05) is 23.9 Å². The molecule has 0 aromatic carbocycles. The molecule has 0 radical (unpaired) electrons. The van der Waals surface area contributed by atoms with Crippen molar-refractivity contribution in [3.63, 3.8) is 0 Å². The van der Waals surface area contributed by atoms with E-state index in [2.05, 4.69) is 32.7 Å². The van der Waals surface area contributed by atoms with Crippen LogP contribution >= 0.6 is 27.3 Å². The quantitative estimate of drug-likeness (QED) is 0.923. The van der Waals surface area contributed by atoms with Gasteiger partial charge in [-0.2, -0.15) is 0 Å². The molecule has 2 amide bonds. The Morgan fingerprint density at radius 2 is 2.41 bits per heavy atom. The van der Waals surface area contributed by atoms with E-state index >= 15 is 0 Å². The number of thiophene rings is 1. The number of hydrogen-bond donors (Lipinski definition) is 1. The van der Waals surface area contributed by atoms with Crippen LogP contribution in [-0.4, -0.2) is 49.6 Å². The molecule has 2 heterocycles. The number of nitrogens with zero attached hydrogens (tertiary/aromatic N) is 2. The Kier molecular flexibility index (Phi) is 4.06. The van der Waals surface area contributed by atoms with Crippen molar-refractivity contribution in [2.45, 2.75) is 6.04 Å². The highest BCUT2D eigenvalue weighted by molar-refractivity contribution is 9.10.